The molecule has 1 aliphatic heterocycles. The Morgan fingerprint density at radius 1 is 1.23 bits per heavy atom. The normalized spacial score (nSPS) is 22.5. The molecule has 0 radical (unpaired) electrons. The Morgan fingerprint density at radius 3 is 2.68 bits per heavy atom. The van der Waals surface area contributed by atoms with Gasteiger partial charge in [0, 0.05) is 13.1 Å². The number of rotatable bonds is 8. The molecule has 2 unspecified atom stereocenters. The van der Waals surface area contributed by atoms with E-state index in [2.05, 4.69) is 31.4 Å². The lowest BCUT2D eigenvalue weighted by atomic mass is 10.1. The van der Waals surface area contributed by atoms with Crippen LogP contribution in [0.5, 0.6) is 5.75 Å². The Balaban J connectivity index is 1.66. The van der Waals surface area contributed by atoms with Crippen molar-refractivity contribution in [3.63, 3.8) is 0 Å². The lowest BCUT2D eigenvalue weighted by Gasteiger charge is -2.35. The van der Waals surface area contributed by atoms with Crippen molar-refractivity contribution in [3.05, 3.63) is 42.5 Å². The number of para-hydroxylation sites is 1. The van der Waals surface area contributed by atoms with Crippen molar-refractivity contribution in [2.45, 2.75) is 45.3 Å². The van der Waals surface area contributed by atoms with E-state index in [0.29, 0.717) is 12.2 Å². The number of hydrogen-bond acceptors (Lipinski definition) is 3. The third-order valence-electron chi connectivity index (χ3n) is 3.96. The summed E-state index contributed by atoms with van der Waals surface area (Å²) in [6, 6.07) is 8.22. The molecule has 3 heteroatoms. The molecule has 22 heavy (non-hydrogen) atoms. The van der Waals surface area contributed by atoms with Gasteiger partial charge in [0.25, 0.3) is 0 Å². The second-order valence-corrected chi connectivity index (χ2v) is 6.17. The second kappa shape index (κ2) is 8.96. The molecule has 0 aliphatic carbocycles. The van der Waals surface area contributed by atoms with Crippen LogP contribution in [0.2, 0.25) is 0 Å². The van der Waals surface area contributed by atoms with E-state index in [1.165, 1.54) is 12.0 Å². The Bertz CT molecular complexity index is 451. The van der Waals surface area contributed by atoms with Crippen LogP contribution in [-0.4, -0.2) is 43.3 Å². The summed E-state index contributed by atoms with van der Waals surface area (Å²) >= 11 is 0. The lowest BCUT2D eigenvalue weighted by molar-refractivity contribution is -0.0682. The zero-order chi connectivity index (χ0) is 15.8. The Kier molecular flexibility index (Phi) is 6.94. The molecule has 0 aromatic heterocycles. The van der Waals surface area contributed by atoms with Crippen molar-refractivity contribution in [1.82, 2.24) is 4.90 Å². The molecule has 0 saturated carbocycles. The first-order valence-electron chi connectivity index (χ1n) is 8.38. The van der Waals surface area contributed by atoms with Crippen LogP contribution in [0.15, 0.2) is 36.9 Å². The summed E-state index contributed by atoms with van der Waals surface area (Å²) in [6.07, 6.45) is 5.74. The predicted octanol–water partition coefficient (Wildman–Crippen LogP) is 3.68. The summed E-state index contributed by atoms with van der Waals surface area (Å²) in [5.41, 5.74) is 1.22. The summed E-state index contributed by atoms with van der Waals surface area (Å²) in [5, 5.41) is 0. The van der Waals surface area contributed by atoms with Gasteiger partial charge < -0.3 is 9.47 Å². The van der Waals surface area contributed by atoms with Crippen LogP contribution in [0.1, 0.15) is 32.3 Å². The van der Waals surface area contributed by atoms with Crippen LogP contribution in [0, 0.1) is 0 Å². The quantitative estimate of drug-likeness (QED) is 0.540. The van der Waals surface area contributed by atoms with Crippen molar-refractivity contribution < 1.29 is 9.47 Å². The van der Waals surface area contributed by atoms with Crippen LogP contribution in [0.4, 0.5) is 0 Å². The van der Waals surface area contributed by atoms with Crippen molar-refractivity contribution in [3.8, 4) is 5.75 Å². The largest absolute Gasteiger partial charge is 0.493 e. The molecule has 0 spiro atoms. The van der Waals surface area contributed by atoms with Gasteiger partial charge in [-0.2, -0.15) is 0 Å². The molecule has 3 nitrogen and oxygen atoms in total. The van der Waals surface area contributed by atoms with Gasteiger partial charge in [-0.25, -0.2) is 0 Å². The molecule has 2 rings (SSSR count). The predicted molar refractivity (Wildman–Crippen MR) is 91.5 cm³/mol. The minimum absolute atomic E-state index is 0.353. The van der Waals surface area contributed by atoms with E-state index in [0.717, 1.165) is 44.8 Å². The number of benzene rings is 1. The first kappa shape index (κ1) is 17.0. The van der Waals surface area contributed by atoms with Crippen molar-refractivity contribution in [1.29, 1.82) is 0 Å². The van der Waals surface area contributed by atoms with Crippen LogP contribution < -0.4 is 4.74 Å². The zero-order valence-corrected chi connectivity index (χ0v) is 14.0. The molecule has 2 atom stereocenters. The van der Waals surface area contributed by atoms with Gasteiger partial charge >= 0.3 is 0 Å². The molecule has 0 bridgehead atoms. The third kappa shape index (κ3) is 5.47. The van der Waals surface area contributed by atoms with Crippen molar-refractivity contribution in [2.75, 3.05) is 26.2 Å². The molecule has 1 aromatic rings. The Hall–Kier alpha value is -1.32. The van der Waals surface area contributed by atoms with Gasteiger partial charge in [-0.1, -0.05) is 24.3 Å². The van der Waals surface area contributed by atoms with Gasteiger partial charge in [-0.15, -0.1) is 6.58 Å². The Labute approximate surface area is 134 Å². The van der Waals surface area contributed by atoms with Gasteiger partial charge in [0.2, 0.25) is 0 Å². The molecule has 122 valence electrons. The lowest BCUT2D eigenvalue weighted by Crippen LogP contribution is -2.45. The van der Waals surface area contributed by atoms with Gasteiger partial charge in [-0.05, 0) is 51.3 Å². The van der Waals surface area contributed by atoms with Crippen LogP contribution in [0.25, 0.3) is 0 Å². The SMILES string of the molecule is C=CCc1ccccc1OCCCCN1CC(C)OC(C)C1. The van der Waals surface area contributed by atoms with E-state index in [9.17, 15) is 0 Å². The first-order valence-corrected chi connectivity index (χ1v) is 8.38. The summed E-state index contributed by atoms with van der Waals surface area (Å²) in [5.74, 6) is 0.996. The molecule has 1 fully saturated rings. The topological polar surface area (TPSA) is 21.7 Å². The molecule has 1 aliphatic rings. The van der Waals surface area contributed by atoms with Gasteiger partial charge in [0.1, 0.15) is 5.75 Å². The van der Waals surface area contributed by atoms with Gasteiger partial charge in [-0.3, -0.25) is 4.90 Å². The molecular weight excluding hydrogens is 274 g/mol. The molecule has 0 amide bonds. The zero-order valence-electron chi connectivity index (χ0n) is 14.0. The number of allylic oxidation sites excluding steroid dienone is 1. The maximum Gasteiger partial charge on any atom is 0.122 e. The smallest absolute Gasteiger partial charge is 0.122 e. The number of nitrogens with zero attached hydrogens (tertiary/aromatic N) is 1. The van der Waals surface area contributed by atoms with Crippen LogP contribution in [0.3, 0.4) is 0 Å². The fourth-order valence-corrected chi connectivity index (χ4v) is 3.06. The van der Waals surface area contributed by atoms with Crippen LogP contribution >= 0.6 is 0 Å². The standard InChI is InChI=1S/C19H29NO2/c1-4-9-18-10-5-6-11-19(18)21-13-8-7-12-20-14-16(2)22-17(3)15-20/h4-6,10-11,16-17H,1,7-9,12-15H2,2-3H3. The summed E-state index contributed by atoms with van der Waals surface area (Å²) < 4.78 is 11.7. The van der Waals surface area contributed by atoms with Crippen molar-refractivity contribution in [2.24, 2.45) is 0 Å². The monoisotopic (exact) mass is 303 g/mol. The van der Waals surface area contributed by atoms with E-state index in [1.807, 2.05) is 24.3 Å². The van der Waals surface area contributed by atoms with Crippen molar-refractivity contribution >= 4 is 0 Å². The minimum Gasteiger partial charge on any atom is -0.493 e. The Morgan fingerprint density at radius 2 is 1.95 bits per heavy atom. The fourth-order valence-electron chi connectivity index (χ4n) is 3.06. The van der Waals surface area contributed by atoms with E-state index >= 15 is 0 Å². The maximum atomic E-state index is 5.93. The average Bonchev–Trinajstić information content (AvgIpc) is 2.48. The molecule has 1 saturated heterocycles. The van der Waals surface area contributed by atoms with E-state index in [-0.39, 0.29) is 0 Å². The number of ether oxygens (including phenoxy) is 2. The van der Waals surface area contributed by atoms with E-state index in [4.69, 9.17) is 9.47 Å². The second-order valence-electron chi connectivity index (χ2n) is 6.17. The number of unbranched alkanes of at least 4 members (excludes halogenated alkanes) is 1. The highest BCUT2D eigenvalue weighted by molar-refractivity contribution is 5.34. The fraction of sp³-hybridized carbons (Fsp3) is 0.579. The molecule has 1 heterocycles. The highest BCUT2D eigenvalue weighted by atomic mass is 16.5. The highest BCUT2D eigenvalue weighted by Gasteiger charge is 2.21. The summed E-state index contributed by atoms with van der Waals surface area (Å²) in [7, 11) is 0. The minimum atomic E-state index is 0.353. The number of morpholine rings is 1. The highest BCUT2D eigenvalue weighted by Crippen LogP contribution is 2.19. The summed E-state index contributed by atoms with van der Waals surface area (Å²) in [4.78, 5) is 2.50. The first-order chi connectivity index (χ1) is 10.7. The van der Waals surface area contributed by atoms with Crippen LogP contribution in [-0.2, 0) is 11.2 Å². The summed E-state index contributed by atoms with van der Waals surface area (Å²) in [6.45, 7) is 12.1. The third-order valence-corrected chi connectivity index (χ3v) is 3.96. The van der Waals surface area contributed by atoms with Gasteiger partial charge in [0.05, 0.1) is 18.8 Å². The molecule has 0 N–H and O–H groups in total. The molecule has 1 aromatic carbocycles. The molecular formula is C19H29NO2. The maximum absolute atomic E-state index is 5.93. The van der Waals surface area contributed by atoms with E-state index < -0.39 is 0 Å². The average molecular weight is 303 g/mol. The van der Waals surface area contributed by atoms with E-state index in [1.54, 1.807) is 0 Å². The van der Waals surface area contributed by atoms with Gasteiger partial charge in [0.15, 0.2) is 0 Å². The number of hydrogen-bond donors (Lipinski definition) is 0.